The molecule has 0 aromatic heterocycles. The molecule has 4 aliphatic rings. The van der Waals surface area contributed by atoms with E-state index in [1.807, 2.05) is 0 Å². The van der Waals surface area contributed by atoms with E-state index in [2.05, 4.69) is 16.7 Å². The lowest BCUT2D eigenvalue weighted by atomic mass is 9.63. The molecule has 1 saturated heterocycles. The van der Waals surface area contributed by atoms with Gasteiger partial charge in [0, 0.05) is 29.9 Å². The number of alkyl halides is 2. The first-order valence-electron chi connectivity index (χ1n) is 12.5. The number of piperidine rings is 1. The van der Waals surface area contributed by atoms with Crippen LogP contribution in [0, 0.1) is 23.7 Å². The molecule has 3 N–H and O–H groups in total. The molecule has 5 unspecified atom stereocenters. The summed E-state index contributed by atoms with van der Waals surface area (Å²) in [5.74, 6) is 2.03. The first-order chi connectivity index (χ1) is 15.4. The van der Waals surface area contributed by atoms with E-state index in [-0.39, 0.29) is 22.0 Å². The minimum Gasteiger partial charge on any atom is -0.324 e. The third-order valence-electron chi connectivity index (χ3n) is 8.88. The normalized spacial score (nSPS) is 43.7. The topological polar surface area (TPSA) is 107 Å². The van der Waals surface area contributed by atoms with Crippen LogP contribution in [0.15, 0.2) is 0 Å². The molecule has 4 fully saturated rings. The molecule has 33 heavy (non-hydrogen) atoms. The fraction of sp³-hybridized carbons (Fsp3) is 1.00. The second-order valence-electron chi connectivity index (χ2n) is 11.1. The maximum atomic E-state index is 13.1. The molecule has 192 valence electrons. The highest BCUT2D eigenvalue weighted by Crippen LogP contribution is 2.49. The second kappa shape index (κ2) is 10.5. The van der Waals surface area contributed by atoms with E-state index >= 15 is 0 Å². The van der Waals surface area contributed by atoms with Gasteiger partial charge in [0.1, 0.15) is 0 Å². The summed E-state index contributed by atoms with van der Waals surface area (Å²) in [5.41, 5.74) is -0.633. The molecule has 3 saturated carbocycles. The largest absolute Gasteiger partial charge is 0.328 e. The van der Waals surface area contributed by atoms with Gasteiger partial charge in [-0.3, -0.25) is 4.57 Å². The van der Waals surface area contributed by atoms with Crippen molar-refractivity contribution in [3.8, 4) is 0 Å². The Morgan fingerprint density at radius 1 is 0.879 bits per heavy atom. The monoisotopic (exact) mass is 544 g/mol. The molecule has 11 heteroatoms. The molecule has 3 aliphatic carbocycles. The molecule has 0 bridgehead atoms. The van der Waals surface area contributed by atoms with Crippen LogP contribution in [-0.2, 0) is 14.6 Å². The van der Waals surface area contributed by atoms with E-state index in [0.717, 1.165) is 38.8 Å². The SMILES string of the molecule is CN1CC2C(Cl)CC(Cl)CC2C(C2CCC(S(=O)(=O)NC3CCC(P(=O)(O)O)CC3)CC2)C1. The van der Waals surface area contributed by atoms with Crippen molar-refractivity contribution < 1.29 is 22.8 Å². The van der Waals surface area contributed by atoms with Gasteiger partial charge in [-0.1, -0.05) is 0 Å². The summed E-state index contributed by atoms with van der Waals surface area (Å²) in [6.07, 6.45) is 6.77. The number of halogens is 2. The highest BCUT2D eigenvalue weighted by atomic mass is 35.5. The standard InChI is InChI=1S/C22H39Cl2N2O5PS/c1-26-12-20(19-10-15(23)11-22(24)21(19)13-26)14-2-8-18(9-3-14)33(30,31)25-16-4-6-17(7-5-16)32(27,28)29/h14-22,25H,2-13H2,1H3,(H2,27,28,29). The summed E-state index contributed by atoms with van der Waals surface area (Å²) in [7, 11) is -5.36. The Kier molecular flexibility index (Phi) is 8.51. The predicted molar refractivity (Wildman–Crippen MR) is 132 cm³/mol. The lowest BCUT2D eigenvalue weighted by Gasteiger charge is -2.51. The van der Waals surface area contributed by atoms with Crippen LogP contribution in [0.5, 0.6) is 0 Å². The molecule has 0 amide bonds. The molecule has 4 rings (SSSR count). The Balaban J connectivity index is 1.32. The van der Waals surface area contributed by atoms with E-state index in [1.54, 1.807) is 0 Å². The van der Waals surface area contributed by atoms with Crippen LogP contribution in [0.3, 0.4) is 0 Å². The summed E-state index contributed by atoms with van der Waals surface area (Å²) in [5, 5.41) is -0.113. The number of hydrogen-bond donors (Lipinski definition) is 3. The van der Waals surface area contributed by atoms with Crippen LogP contribution >= 0.6 is 30.8 Å². The zero-order valence-corrected chi connectivity index (χ0v) is 22.6. The number of likely N-dealkylation sites (tertiary alicyclic amines) is 1. The van der Waals surface area contributed by atoms with E-state index in [1.165, 1.54) is 0 Å². The molecule has 1 aliphatic heterocycles. The fourth-order valence-corrected chi connectivity index (χ4v) is 10.8. The summed E-state index contributed by atoms with van der Waals surface area (Å²) in [6.45, 7) is 2.06. The van der Waals surface area contributed by atoms with Gasteiger partial charge in [-0.25, -0.2) is 13.1 Å². The quantitative estimate of drug-likeness (QED) is 0.359. The number of sulfonamides is 1. The van der Waals surface area contributed by atoms with Gasteiger partial charge in [0.2, 0.25) is 10.0 Å². The molecular formula is C22H39Cl2N2O5PS. The van der Waals surface area contributed by atoms with Crippen molar-refractivity contribution in [1.29, 1.82) is 0 Å². The molecule has 0 aromatic rings. The van der Waals surface area contributed by atoms with Gasteiger partial charge in [-0.15, -0.1) is 23.2 Å². The Morgan fingerprint density at radius 2 is 1.48 bits per heavy atom. The number of fused-ring (bicyclic) bond motifs is 1. The number of hydrogen-bond acceptors (Lipinski definition) is 4. The lowest BCUT2D eigenvalue weighted by molar-refractivity contribution is 0.0108. The Hall–Kier alpha value is 0.600. The average molecular weight is 546 g/mol. The van der Waals surface area contributed by atoms with Crippen LogP contribution in [0.2, 0.25) is 0 Å². The zero-order chi connectivity index (χ0) is 24.0. The Labute approximate surface area is 208 Å². The maximum absolute atomic E-state index is 13.1. The third-order valence-corrected chi connectivity index (χ3v) is 13.2. The van der Waals surface area contributed by atoms with Crippen LogP contribution in [-0.4, -0.2) is 70.9 Å². The van der Waals surface area contributed by atoms with Crippen LogP contribution in [0.25, 0.3) is 0 Å². The van der Waals surface area contributed by atoms with Crippen molar-refractivity contribution in [2.75, 3.05) is 20.1 Å². The van der Waals surface area contributed by atoms with Crippen LogP contribution < -0.4 is 4.72 Å². The van der Waals surface area contributed by atoms with Crippen molar-refractivity contribution in [2.45, 2.75) is 91.9 Å². The van der Waals surface area contributed by atoms with Gasteiger partial charge in [-0.05, 0) is 94.9 Å². The second-order valence-corrected chi connectivity index (χ2v) is 16.2. The number of nitrogens with zero attached hydrogens (tertiary/aromatic N) is 1. The van der Waals surface area contributed by atoms with Gasteiger partial charge >= 0.3 is 7.60 Å². The minimum atomic E-state index is -4.09. The predicted octanol–water partition coefficient (Wildman–Crippen LogP) is 3.76. The average Bonchev–Trinajstić information content (AvgIpc) is 2.73. The van der Waals surface area contributed by atoms with Crippen molar-refractivity contribution >= 4 is 40.8 Å². The summed E-state index contributed by atoms with van der Waals surface area (Å²) in [4.78, 5) is 21.1. The van der Waals surface area contributed by atoms with Gasteiger partial charge in [0.25, 0.3) is 0 Å². The first kappa shape index (κ1) is 26.7. The van der Waals surface area contributed by atoms with Crippen molar-refractivity contribution in [1.82, 2.24) is 9.62 Å². The van der Waals surface area contributed by atoms with E-state index in [9.17, 15) is 22.8 Å². The minimum absolute atomic E-state index is 0.123. The van der Waals surface area contributed by atoms with Gasteiger partial charge < -0.3 is 14.7 Å². The first-order valence-corrected chi connectivity index (χ1v) is 16.6. The molecule has 0 spiro atoms. The molecule has 0 radical (unpaired) electrons. The molecular weight excluding hydrogens is 506 g/mol. The number of nitrogens with one attached hydrogen (secondary N) is 1. The maximum Gasteiger partial charge on any atom is 0.328 e. The van der Waals surface area contributed by atoms with Gasteiger partial charge in [-0.2, -0.15) is 0 Å². The highest BCUT2D eigenvalue weighted by molar-refractivity contribution is 7.90. The Bertz CT molecular complexity index is 827. The van der Waals surface area contributed by atoms with Crippen molar-refractivity contribution in [3.63, 3.8) is 0 Å². The fourth-order valence-electron chi connectivity index (χ4n) is 7.11. The van der Waals surface area contributed by atoms with Crippen LogP contribution in [0.1, 0.15) is 64.2 Å². The van der Waals surface area contributed by atoms with Gasteiger partial charge in [0.15, 0.2) is 0 Å². The van der Waals surface area contributed by atoms with E-state index in [0.29, 0.717) is 62.2 Å². The Morgan fingerprint density at radius 3 is 2.09 bits per heavy atom. The molecule has 0 aromatic carbocycles. The van der Waals surface area contributed by atoms with E-state index in [4.69, 9.17) is 23.2 Å². The highest BCUT2D eigenvalue weighted by Gasteiger charge is 2.47. The van der Waals surface area contributed by atoms with Crippen LogP contribution in [0.4, 0.5) is 0 Å². The number of rotatable bonds is 5. The van der Waals surface area contributed by atoms with E-state index < -0.39 is 23.3 Å². The van der Waals surface area contributed by atoms with Crippen molar-refractivity contribution in [2.24, 2.45) is 23.7 Å². The lowest BCUT2D eigenvalue weighted by Crippen LogP contribution is -2.53. The van der Waals surface area contributed by atoms with Gasteiger partial charge in [0.05, 0.1) is 10.9 Å². The zero-order valence-electron chi connectivity index (χ0n) is 19.4. The smallest absolute Gasteiger partial charge is 0.324 e. The summed E-state index contributed by atoms with van der Waals surface area (Å²) in [6, 6.07) is -0.216. The summed E-state index contributed by atoms with van der Waals surface area (Å²) >= 11 is 13.3. The molecule has 7 nitrogen and oxygen atoms in total. The summed E-state index contributed by atoms with van der Waals surface area (Å²) < 4.78 is 40.5. The molecule has 1 heterocycles. The third kappa shape index (κ3) is 6.30. The van der Waals surface area contributed by atoms with Crippen molar-refractivity contribution in [3.05, 3.63) is 0 Å². The molecule has 5 atom stereocenters.